The van der Waals surface area contributed by atoms with E-state index in [-0.39, 0.29) is 0 Å². The minimum atomic E-state index is 0.910. The summed E-state index contributed by atoms with van der Waals surface area (Å²) in [4.78, 5) is 2.38. The molecule has 0 saturated heterocycles. The summed E-state index contributed by atoms with van der Waals surface area (Å²) in [5.74, 6) is 0. The summed E-state index contributed by atoms with van der Waals surface area (Å²) in [6, 6.07) is 59.6. The molecule has 0 bridgehead atoms. The maximum Gasteiger partial charge on any atom is 0.148 e. The van der Waals surface area contributed by atoms with Crippen molar-refractivity contribution in [3.05, 3.63) is 164 Å². The lowest BCUT2D eigenvalue weighted by atomic mass is 10.0. The zero-order valence-corrected chi connectivity index (χ0v) is 30.1. The van der Waals surface area contributed by atoms with Crippen molar-refractivity contribution in [1.82, 2.24) is 10.2 Å². The zero-order chi connectivity index (χ0) is 34.2. The van der Waals surface area contributed by atoms with Gasteiger partial charge in [0.05, 0.1) is 0 Å². The second-order valence-electron chi connectivity index (χ2n) is 13.1. The molecule has 0 radical (unpaired) electrons. The Labute approximate surface area is 311 Å². The first-order valence-corrected chi connectivity index (χ1v) is 19.7. The fourth-order valence-electron chi connectivity index (χ4n) is 7.43. The fourth-order valence-corrected chi connectivity index (χ4v) is 10.6. The van der Waals surface area contributed by atoms with Crippen molar-refractivity contribution < 1.29 is 0 Å². The van der Waals surface area contributed by atoms with Gasteiger partial charge in [0.1, 0.15) is 10.0 Å². The number of rotatable bonds is 5. The molecule has 0 fully saturated rings. The Morgan fingerprint density at radius 3 is 1.37 bits per heavy atom. The van der Waals surface area contributed by atoms with E-state index in [0.717, 1.165) is 38.2 Å². The summed E-state index contributed by atoms with van der Waals surface area (Å²) in [5, 5.41) is 21.1. The van der Waals surface area contributed by atoms with E-state index in [1.54, 1.807) is 11.3 Å². The normalized spacial score (nSPS) is 11.8. The summed E-state index contributed by atoms with van der Waals surface area (Å²) in [7, 11) is 0. The molecule has 0 saturated carbocycles. The molecule has 6 heteroatoms. The summed E-state index contributed by atoms with van der Waals surface area (Å²) in [6.07, 6.45) is 0. The lowest BCUT2D eigenvalue weighted by Crippen LogP contribution is -2.09. The van der Waals surface area contributed by atoms with Crippen LogP contribution < -0.4 is 4.90 Å². The number of hydrogen-bond donors (Lipinski definition) is 0. The molecule has 11 rings (SSSR count). The highest BCUT2D eigenvalue weighted by Gasteiger charge is 2.17. The van der Waals surface area contributed by atoms with E-state index in [4.69, 9.17) is 0 Å². The van der Waals surface area contributed by atoms with Crippen LogP contribution in [0, 0.1) is 0 Å². The van der Waals surface area contributed by atoms with E-state index in [2.05, 4.69) is 161 Å². The molecular formula is C46H27N3S3. The van der Waals surface area contributed by atoms with Crippen LogP contribution >= 0.6 is 34.0 Å². The molecule has 0 atom stereocenters. The zero-order valence-electron chi connectivity index (χ0n) is 27.7. The van der Waals surface area contributed by atoms with Gasteiger partial charge in [0.15, 0.2) is 0 Å². The van der Waals surface area contributed by atoms with E-state index < -0.39 is 0 Å². The third kappa shape index (κ3) is 4.91. The highest BCUT2D eigenvalue weighted by Crippen LogP contribution is 2.43. The van der Waals surface area contributed by atoms with Crippen LogP contribution in [0.3, 0.4) is 0 Å². The first-order chi connectivity index (χ1) is 25.7. The van der Waals surface area contributed by atoms with Crippen molar-refractivity contribution in [3.63, 3.8) is 0 Å². The van der Waals surface area contributed by atoms with Crippen LogP contribution in [0.2, 0.25) is 0 Å². The summed E-state index contributed by atoms with van der Waals surface area (Å²) >= 11 is 5.35. The average molecular weight is 718 g/mol. The Balaban J connectivity index is 1.05. The Kier molecular flexibility index (Phi) is 6.77. The predicted molar refractivity (Wildman–Crippen MR) is 226 cm³/mol. The first-order valence-electron chi connectivity index (χ1n) is 17.2. The topological polar surface area (TPSA) is 29.0 Å². The number of thiophene rings is 2. The third-order valence-corrected chi connectivity index (χ3v) is 13.3. The first kappa shape index (κ1) is 29.8. The Morgan fingerprint density at radius 1 is 0.327 bits per heavy atom. The van der Waals surface area contributed by atoms with Gasteiger partial charge in [-0.3, -0.25) is 0 Å². The lowest BCUT2D eigenvalue weighted by Gasteiger charge is -2.26. The molecule has 3 nitrogen and oxygen atoms in total. The Bertz CT molecular complexity index is 2980. The molecule has 0 aliphatic carbocycles. The number of fused-ring (bicyclic) bond motifs is 8. The van der Waals surface area contributed by atoms with E-state index in [1.165, 1.54) is 61.9 Å². The van der Waals surface area contributed by atoms with Crippen LogP contribution in [0.15, 0.2) is 164 Å². The smallest absolute Gasteiger partial charge is 0.148 e. The van der Waals surface area contributed by atoms with E-state index >= 15 is 0 Å². The van der Waals surface area contributed by atoms with Crippen LogP contribution in [0.25, 0.3) is 83.0 Å². The van der Waals surface area contributed by atoms with Crippen molar-refractivity contribution in [3.8, 4) is 21.1 Å². The van der Waals surface area contributed by atoms with Crippen molar-refractivity contribution >= 4 is 113 Å². The van der Waals surface area contributed by atoms with Crippen molar-refractivity contribution in [2.24, 2.45) is 0 Å². The molecule has 8 aromatic carbocycles. The Hall–Kier alpha value is -5.92. The third-order valence-electron chi connectivity index (χ3n) is 9.97. The van der Waals surface area contributed by atoms with Gasteiger partial charge in [-0.1, -0.05) is 90.2 Å². The van der Waals surface area contributed by atoms with Gasteiger partial charge >= 0.3 is 0 Å². The van der Waals surface area contributed by atoms with Gasteiger partial charge in [-0.2, -0.15) is 0 Å². The van der Waals surface area contributed by atoms with Gasteiger partial charge in [0.2, 0.25) is 0 Å². The van der Waals surface area contributed by atoms with E-state index in [0.29, 0.717) is 0 Å². The van der Waals surface area contributed by atoms with Crippen molar-refractivity contribution in [2.45, 2.75) is 0 Å². The molecular weight excluding hydrogens is 691 g/mol. The van der Waals surface area contributed by atoms with Crippen LogP contribution in [-0.4, -0.2) is 10.2 Å². The van der Waals surface area contributed by atoms with Gasteiger partial charge in [0.25, 0.3) is 0 Å². The maximum atomic E-state index is 4.56. The number of aromatic nitrogens is 2. The highest BCUT2D eigenvalue weighted by atomic mass is 32.1. The summed E-state index contributed by atoms with van der Waals surface area (Å²) in [6.45, 7) is 0. The fraction of sp³-hybridized carbons (Fsp3) is 0. The SMILES string of the molecule is c1ccc(-c2nnc(-c3ccc(N(c4ccc5cc6c(cc5c4)sc4ccccc46)c4ccc5cc6c(cc5c4)sc4ccccc46)cc3)s2)cc1. The molecule has 3 heterocycles. The van der Waals surface area contributed by atoms with Crippen LogP contribution in [0.1, 0.15) is 0 Å². The second-order valence-corrected chi connectivity index (χ2v) is 16.3. The van der Waals surface area contributed by atoms with Crippen LogP contribution in [-0.2, 0) is 0 Å². The number of anilines is 3. The van der Waals surface area contributed by atoms with Gasteiger partial charge in [-0.05, 0) is 106 Å². The molecule has 244 valence electrons. The quantitative estimate of drug-likeness (QED) is 0.177. The minimum Gasteiger partial charge on any atom is -0.310 e. The molecule has 3 aromatic heterocycles. The molecule has 0 aliphatic rings. The van der Waals surface area contributed by atoms with Crippen LogP contribution in [0.5, 0.6) is 0 Å². The molecule has 11 aromatic rings. The average Bonchev–Trinajstić information content (AvgIpc) is 3.92. The molecule has 0 spiro atoms. The molecule has 0 unspecified atom stereocenters. The highest BCUT2D eigenvalue weighted by molar-refractivity contribution is 7.26. The maximum absolute atomic E-state index is 4.56. The largest absolute Gasteiger partial charge is 0.310 e. The van der Waals surface area contributed by atoms with Gasteiger partial charge in [-0.15, -0.1) is 32.9 Å². The van der Waals surface area contributed by atoms with E-state index in [9.17, 15) is 0 Å². The van der Waals surface area contributed by atoms with Crippen molar-refractivity contribution in [2.75, 3.05) is 4.90 Å². The number of nitrogens with zero attached hydrogens (tertiary/aromatic N) is 3. The van der Waals surface area contributed by atoms with Crippen molar-refractivity contribution in [1.29, 1.82) is 0 Å². The van der Waals surface area contributed by atoms with Crippen LogP contribution in [0.4, 0.5) is 17.1 Å². The van der Waals surface area contributed by atoms with Gasteiger partial charge in [0, 0.05) is 68.5 Å². The number of hydrogen-bond acceptors (Lipinski definition) is 6. The second kappa shape index (κ2) is 11.8. The molecule has 0 amide bonds. The lowest BCUT2D eigenvalue weighted by molar-refractivity contribution is 1.10. The number of benzene rings is 8. The monoisotopic (exact) mass is 717 g/mol. The van der Waals surface area contributed by atoms with Gasteiger partial charge < -0.3 is 4.90 Å². The summed E-state index contributed by atoms with van der Waals surface area (Å²) in [5.41, 5.74) is 5.46. The molecule has 52 heavy (non-hydrogen) atoms. The standard InChI is InChI=1S/C46H27N3S3/c1-2-8-28(9-3-1)45-47-48-46(52-45)29-14-18-34(19-15-29)49(35-20-16-30-24-39-37-10-4-6-12-41(37)50-43(39)26-32(30)22-35)36-21-17-31-25-40-38-11-5-7-13-42(38)51-44(40)27-33(31)23-36/h1-27H. The molecule has 0 aliphatic heterocycles. The van der Waals surface area contributed by atoms with Gasteiger partial charge in [-0.25, -0.2) is 0 Å². The minimum absolute atomic E-state index is 0.910. The van der Waals surface area contributed by atoms with E-state index in [1.807, 2.05) is 40.9 Å². The Morgan fingerprint density at radius 2 is 0.808 bits per heavy atom. The summed E-state index contributed by atoms with van der Waals surface area (Å²) < 4.78 is 5.27. The molecule has 0 N–H and O–H groups in total. The predicted octanol–water partition coefficient (Wildman–Crippen LogP) is 14.4.